The molecule has 0 bridgehead atoms. The van der Waals surface area contributed by atoms with E-state index in [4.69, 9.17) is 10.2 Å². The minimum absolute atomic E-state index is 0.0856. The maximum Gasteiger partial charge on any atom is 0.358 e. The molecule has 0 radical (unpaired) electrons. The first-order valence-electron chi connectivity index (χ1n) is 12.6. The Labute approximate surface area is 231 Å². The van der Waals surface area contributed by atoms with Gasteiger partial charge in [-0.2, -0.15) is 4.39 Å². The molecule has 1 amide bonds. The molecule has 0 saturated carbocycles. The summed E-state index contributed by atoms with van der Waals surface area (Å²) < 4.78 is 15.3. The lowest BCUT2D eigenvalue weighted by Crippen LogP contribution is -2.54. The van der Waals surface area contributed by atoms with Crippen LogP contribution in [0.25, 0.3) is 0 Å². The van der Waals surface area contributed by atoms with Gasteiger partial charge in [-0.25, -0.2) is 28.9 Å². The van der Waals surface area contributed by atoms with Crippen molar-refractivity contribution in [1.82, 2.24) is 44.9 Å². The van der Waals surface area contributed by atoms with Crippen molar-refractivity contribution in [3.63, 3.8) is 0 Å². The van der Waals surface area contributed by atoms with Crippen LogP contribution < -0.4 is 4.90 Å². The number of aromatic nitrogens is 8. The zero-order chi connectivity index (χ0) is 28.9. The summed E-state index contributed by atoms with van der Waals surface area (Å²) in [5.74, 6) is -1.84. The van der Waals surface area contributed by atoms with Crippen molar-refractivity contribution < 1.29 is 29.0 Å². The number of carbonyl (C=O) groups excluding carboxylic acids is 1. The van der Waals surface area contributed by atoms with Crippen LogP contribution in [-0.4, -0.2) is 98.6 Å². The molecular weight excluding hydrogens is 539 g/mol. The third-order valence-corrected chi connectivity index (χ3v) is 6.58. The zero-order valence-electron chi connectivity index (χ0n) is 21.6. The Bertz CT molecular complexity index is 1540. The normalized spacial score (nSPS) is 16.2. The predicted octanol–water partition coefficient (Wildman–Crippen LogP) is 0.789. The number of carboxylic acids is 2. The van der Waals surface area contributed by atoms with Gasteiger partial charge < -0.3 is 20.0 Å². The summed E-state index contributed by atoms with van der Waals surface area (Å²) in [6.07, 6.45) is 7.89. The summed E-state index contributed by atoms with van der Waals surface area (Å²) in [4.78, 5) is 45.5. The molecule has 4 aromatic heterocycles. The number of aromatic carboxylic acids is 2. The Balaban J connectivity index is 0.000000182. The molecule has 16 heteroatoms. The topological polar surface area (TPSA) is 185 Å². The fraction of sp³-hybridized carbons (Fsp3) is 0.320. The number of hydrogen-bond donors (Lipinski definition) is 2. The first-order chi connectivity index (χ1) is 19.7. The van der Waals surface area contributed by atoms with Crippen LogP contribution in [0.3, 0.4) is 0 Å². The van der Waals surface area contributed by atoms with E-state index in [1.807, 2.05) is 21.9 Å². The van der Waals surface area contributed by atoms with Crippen LogP contribution in [-0.2, 0) is 17.9 Å². The molecule has 1 unspecified atom stereocenters. The van der Waals surface area contributed by atoms with E-state index >= 15 is 0 Å². The molecule has 6 rings (SSSR count). The maximum absolute atomic E-state index is 12.5. The fourth-order valence-corrected chi connectivity index (χ4v) is 4.62. The lowest BCUT2D eigenvalue weighted by Gasteiger charge is -2.37. The van der Waals surface area contributed by atoms with E-state index in [9.17, 15) is 18.8 Å². The van der Waals surface area contributed by atoms with Crippen LogP contribution in [0, 0.1) is 5.95 Å². The number of rotatable bonds is 7. The summed E-state index contributed by atoms with van der Waals surface area (Å²) in [6, 6.07) is 6.87. The van der Waals surface area contributed by atoms with Crippen LogP contribution >= 0.6 is 0 Å². The average molecular weight is 565 g/mol. The Morgan fingerprint density at radius 3 is 2.02 bits per heavy atom. The van der Waals surface area contributed by atoms with Crippen molar-refractivity contribution in [3.8, 4) is 0 Å². The second kappa shape index (κ2) is 11.8. The lowest BCUT2D eigenvalue weighted by molar-refractivity contribution is -0.131. The SMILES string of the molecule is O=C(O)c1cn(Cc2ccc(F)nc2)nn1.O=C(O)c1cn(Cc2ccc(N3CC(=O)N4CCCC4C3)nc2)nn1. The van der Waals surface area contributed by atoms with E-state index in [1.165, 1.54) is 34.0 Å². The monoisotopic (exact) mass is 564 g/mol. The molecule has 2 N–H and O–H groups in total. The van der Waals surface area contributed by atoms with Crippen LogP contribution in [0.2, 0.25) is 0 Å². The van der Waals surface area contributed by atoms with E-state index in [0.717, 1.165) is 37.3 Å². The van der Waals surface area contributed by atoms with Crippen molar-refractivity contribution in [2.24, 2.45) is 0 Å². The van der Waals surface area contributed by atoms with Crippen molar-refractivity contribution in [3.05, 3.63) is 77.5 Å². The molecule has 0 aliphatic carbocycles. The molecular formula is C25H25FN10O5. The second-order valence-electron chi connectivity index (χ2n) is 9.49. The standard InChI is InChI=1S/C16H18N6O3.C9H7FN4O2/c23-15-10-20(8-12-2-1-5-22(12)15)14-4-3-11(6-17-14)7-21-9-13(16(24)25)18-19-21;10-8-2-1-6(3-11-8)4-14-5-7(9(15)16)12-13-14/h3-4,6,9,12H,1-2,5,7-8,10H2,(H,24,25);1-3,5H,4H2,(H,15,16). The first kappa shape index (κ1) is 27.3. The van der Waals surface area contributed by atoms with E-state index in [2.05, 4.69) is 30.6 Å². The van der Waals surface area contributed by atoms with Gasteiger partial charge in [-0.1, -0.05) is 22.6 Å². The fourth-order valence-electron chi connectivity index (χ4n) is 4.62. The summed E-state index contributed by atoms with van der Waals surface area (Å²) in [5, 5.41) is 31.9. The number of anilines is 1. The predicted molar refractivity (Wildman–Crippen MR) is 138 cm³/mol. The molecule has 2 saturated heterocycles. The van der Waals surface area contributed by atoms with Gasteiger partial charge in [-0.15, -0.1) is 10.2 Å². The van der Waals surface area contributed by atoms with Crippen LogP contribution in [0.4, 0.5) is 10.2 Å². The molecule has 41 heavy (non-hydrogen) atoms. The van der Waals surface area contributed by atoms with Crippen molar-refractivity contribution in [2.45, 2.75) is 32.0 Å². The molecule has 0 aromatic carbocycles. The highest BCUT2D eigenvalue weighted by Crippen LogP contribution is 2.25. The molecule has 212 valence electrons. The quantitative estimate of drug-likeness (QED) is 0.301. The number of piperazine rings is 1. The number of carboxylic acid groups (broad SMARTS) is 2. The minimum Gasteiger partial charge on any atom is -0.476 e. The lowest BCUT2D eigenvalue weighted by atomic mass is 10.1. The summed E-state index contributed by atoms with van der Waals surface area (Å²) in [5.41, 5.74) is 1.38. The number of hydrogen-bond acceptors (Lipinski definition) is 10. The summed E-state index contributed by atoms with van der Waals surface area (Å²) in [7, 11) is 0. The third-order valence-electron chi connectivity index (χ3n) is 6.58. The van der Waals surface area contributed by atoms with Crippen molar-refractivity contribution in [2.75, 3.05) is 24.5 Å². The first-order valence-corrected chi connectivity index (χ1v) is 12.6. The molecule has 1 atom stereocenters. The van der Waals surface area contributed by atoms with Crippen LogP contribution in [0.15, 0.2) is 49.1 Å². The Morgan fingerprint density at radius 1 is 0.902 bits per heavy atom. The molecule has 6 heterocycles. The van der Waals surface area contributed by atoms with Gasteiger partial charge in [0.15, 0.2) is 11.4 Å². The van der Waals surface area contributed by atoms with Crippen molar-refractivity contribution >= 4 is 23.7 Å². The Morgan fingerprint density at radius 2 is 1.51 bits per heavy atom. The third kappa shape index (κ3) is 6.66. The summed E-state index contributed by atoms with van der Waals surface area (Å²) in [6.45, 7) is 2.76. The molecule has 2 aliphatic rings. The zero-order valence-corrected chi connectivity index (χ0v) is 21.6. The van der Waals surface area contributed by atoms with E-state index in [1.54, 1.807) is 12.3 Å². The molecule has 2 aliphatic heterocycles. The van der Waals surface area contributed by atoms with E-state index in [0.29, 0.717) is 31.2 Å². The van der Waals surface area contributed by atoms with Crippen LogP contribution in [0.5, 0.6) is 0 Å². The van der Waals surface area contributed by atoms with Gasteiger partial charge in [0.05, 0.1) is 32.0 Å². The van der Waals surface area contributed by atoms with Gasteiger partial charge in [-0.3, -0.25) is 4.79 Å². The van der Waals surface area contributed by atoms with Crippen molar-refractivity contribution in [1.29, 1.82) is 0 Å². The second-order valence-corrected chi connectivity index (χ2v) is 9.49. The number of nitrogens with zero attached hydrogens (tertiary/aromatic N) is 10. The largest absolute Gasteiger partial charge is 0.476 e. The smallest absolute Gasteiger partial charge is 0.358 e. The number of fused-ring (bicyclic) bond motifs is 1. The summed E-state index contributed by atoms with van der Waals surface area (Å²) >= 11 is 0. The highest BCUT2D eigenvalue weighted by atomic mass is 19.1. The maximum atomic E-state index is 12.5. The van der Waals surface area contributed by atoms with Crippen LogP contribution in [0.1, 0.15) is 44.9 Å². The van der Waals surface area contributed by atoms with E-state index in [-0.39, 0.29) is 17.3 Å². The van der Waals surface area contributed by atoms with Gasteiger partial charge in [0, 0.05) is 31.5 Å². The van der Waals surface area contributed by atoms with Gasteiger partial charge in [0.2, 0.25) is 11.9 Å². The highest BCUT2D eigenvalue weighted by molar-refractivity contribution is 5.85. The highest BCUT2D eigenvalue weighted by Gasteiger charge is 2.35. The number of amides is 1. The van der Waals surface area contributed by atoms with Gasteiger partial charge >= 0.3 is 11.9 Å². The average Bonchev–Trinajstić information content (AvgIpc) is 3.72. The molecule has 0 spiro atoms. The Hall–Kier alpha value is -5.28. The number of halogens is 1. The van der Waals surface area contributed by atoms with E-state index < -0.39 is 17.9 Å². The molecule has 2 fully saturated rings. The van der Waals surface area contributed by atoms with Gasteiger partial charge in [0.25, 0.3) is 0 Å². The molecule has 4 aromatic rings. The van der Waals surface area contributed by atoms with Gasteiger partial charge in [0.1, 0.15) is 5.82 Å². The Kier molecular flexibility index (Phi) is 7.89. The van der Waals surface area contributed by atoms with Gasteiger partial charge in [-0.05, 0) is 36.1 Å². The number of pyridine rings is 2. The number of carbonyl (C=O) groups is 3. The molecule has 15 nitrogen and oxygen atoms in total. The minimum atomic E-state index is -1.14.